The van der Waals surface area contributed by atoms with Crippen LogP contribution in [0.3, 0.4) is 0 Å². The Bertz CT molecular complexity index is 783. The summed E-state index contributed by atoms with van der Waals surface area (Å²) in [5.74, 6) is 1.44. The smallest absolute Gasteiger partial charge is 0.223 e. The lowest BCUT2D eigenvalue weighted by Crippen LogP contribution is -2.47. The Morgan fingerprint density at radius 1 is 1.11 bits per heavy atom. The number of amides is 1. The van der Waals surface area contributed by atoms with Crippen molar-refractivity contribution in [3.05, 3.63) is 54.1 Å². The molecule has 2 aliphatic rings. The van der Waals surface area contributed by atoms with Gasteiger partial charge in [-0.25, -0.2) is 0 Å². The van der Waals surface area contributed by atoms with E-state index in [-0.39, 0.29) is 5.91 Å². The largest absolute Gasteiger partial charge is 0.497 e. The number of methoxy groups -OCH3 is 1. The number of hydrogen-bond donors (Lipinski definition) is 1. The van der Waals surface area contributed by atoms with Gasteiger partial charge in [-0.05, 0) is 61.1 Å². The first-order valence-corrected chi connectivity index (χ1v) is 9.97. The average Bonchev–Trinajstić information content (AvgIpc) is 3.54. The zero-order valence-electron chi connectivity index (χ0n) is 16.0. The van der Waals surface area contributed by atoms with Crippen LogP contribution in [0.4, 0.5) is 0 Å². The Hall–Kier alpha value is -2.33. The van der Waals surface area contributed by atoms with Gasteiger partial charge < -0.3 is 10.1 Å². The number of likely N-dealkylation sites (tertiary alicyclic amines) is 1. The van der Waals surface area contributed by atoms with Crippen molar-refractivity contribution in [3.63, 3.8) is 0 Å². The van der Waals surface area contributed by atoms with Gasteiger partial charge >= 0.3 is 0 Å². The molecule has 0 aromatic heterocycles. The van der Waals surface area contributed by atoms with Crippen molar-refractivity contribution in [1.82, 2.24) is 10.2 Å². The molecule has 0 spiro atoms. The fraction of sp³-hybridized carbons (Fsp3) is 0.435. The van der Waals surface area contributed by atoms with Crippen molar-refractivity contribution in [2.45, 2.75) is 38.3 Å². The van der Waals surface area contributed by atoms with Gasteiger partial charge in [0.25, 0.3) is 0 Å². The minimum atomic E-state index is 0.268. The van der Waals surface area contributed by atoms with Crippen molar-refractivity contribution < 1.29 is 9.53 Å². The Morgan fingerprint density at radius 2 is 1.93 bits per heavy atom. The van der Waals surface area contributed by atoms with Crippen LogP contribution in [-0.4, -0.2) is 37.0 Å². The number of benzene rings is 2. The summed E-state index contributed by atoms with van der Waals surface area (Å²) in [5.41, 5.74) is 3.68. The van der Waals surface area contributed by atoms with Gasteiger partial charge in [-0.1, -0.05) is 36.4 Å². The molecule has 142 valence electrons. The molecule has 4 nitrogen and oxygen atoms in total. The number of hydrogen-bond acceptors (Lipinski definition) is 3. The van der Waals surface area contributed by atoms with E-state index in [1.165, 1.54) is 16.7 Å². The highest BCUT2D eigenvalue weighted by molar-refractivity contribution is 5.81. The number of carbonyl (C=O) groups excluding carboxylic acids is 1. The molecule has 4 heteroatoms. The Morgan fingerprint density at radius 3 is 2.67 bits per heavy atom. The number of carbonyl (C=O) groups is 1. The third kappa shape index (κ3) is 4.69. The molecule has 2 aromatic rings. The predicted molar refractivity (Wildman–Crippen MR) is 108 cm³/mol. The van der Waals surface area contributed by atoms with Crippen LogP contribution in [-0.2, 0) is 11.3 Å². The maximum atomic E-state index is 12.0. The highest BCUT2D eigenvalue weighted by atomic mass is 16.5. The van der Waals surface area contributed by atoms with Crippen LogP contribution in [0.1, 0.15) is 31.2 Å². The van der Waals surface area contributed by atoms with E-state index in [0.29, 0.717) is 12.0 Å². The lowest BCUT2D eigenvalue weighted by molar-refractivity contribution is -0.123. The van der Waals surface area contributed by atoms with E-state index in [0.717, 1.165) is 51.1 Å². The van der Waals surface area contributed by atoms with Crippen molar-refractivity contribution in [3.8, 4) is 16.9 Å². The Kier molecular flexibility index (Phi) is 5.44. The zero-order valence-corrected chi connectivity index (χ0v) is 16.0. The molecule has 1 heterocycles. The summed E-state index contributed by atoms with van der Waals surface area (Å²) in [5, 5.41) is 3.25. The van der Waals surface area contributed by atoms with E-state index >= 15 is 0 Å². The first-order chi connectivity index (χ1) is 13.2. The molecule has 27 heavy (non-hydrogen) atoms. The number of rotatable bonds is 6. The van der Waals surface area contributed by atoms with Crippen LogP contribution in [0.2, 0.25) is 0 Å². The zero-order chi connectivity index (χ0) is 18.6. The van der Waals surface area contributed by atoms with Crippen LogP contribution < -0.4 is 10.1 Å². The second-order valence-corrected chi connectivity index (χ2v) is 7.79. The topological polar surface area (TPSA) is 41.6 Å². The van der Waals surface area contributed by atoms with Crippen molar-refractivity contribution in [2.24, 2.45) is 5.92 Å². The fourth-order valence-electron chi connectivity index (χ4n) is 3.84. The number of ether oxygens (including phenoxy) is 1. The molecule has 1 aliphatic carbocycles. The van der Waals surface area contributed by atoms with Gasteiger partial charge in [0.2, 0.25) is 5.91 Å². The van der Waals surface area contributed by atoms with Gasteiger partial charge in [-0.15, -0.1) is 0 Å². The maximum Gasteiger partial charge on any atom is 0.223 e. The minimum absolute atomic E-state index is 0.268. The van der Waals surface area contributed by atoms with E-state index in [9.17, 15) is 4.79 Å². The molecule has 4 rings (SSSR count). The minimum Gasteiger partial charge on any atom is -0.497 e. The predicted octanol–water partition coefficient (Wildman–Crippen LogP) is 3.85. The van der Waals surface area contributed by atoms with Gasteiger partial charge in [0.1, 0.15) is 5.75 Å². The van der Waals surface area contributed by atoms with Crippen LogP contribution >= 0.6 is 0 Å². The molecule has 1 atom stereocenters. The third-order valence-corrected chi connectivity index (χ3v) is 5.56. The van der Waals surface area contributed by atoms with Crippen LogP contribution in [0.25, 0.3) is 11.1 Å². The van der Waals surface area contributed by atoms with E-state index < -0.39 is 0 Å². The van der Waals surface area contributed by atoms with Crippen LogP contribution in [0.5, 0.6) is 5.75 Å². The second-order valence-electron chi connectivity index (χ2n) is 7.79. The van der Waals surface area contributed by atoms with E-state index in [1.807, 2.05) is 12.1 Å². The molecule has 1 aliphatic heterocycles. The summed E-state index contributed by atoms with van der Waals surface area (Å²) in [6, 6.07) is 17.2. The Balaban J connectivity index is 1.35. The lowest BCUT2D eigenvalue weighted by Gasteiger charge is -2.33. The third-order valence-electron chi connectivity index (χ3n) is 5.56. The number of piperidine rings is 1. The molecule has 1 unspecified atom stereocenters. The SMILES string of the molecule is COc1cccc(-c2ccc(CN3CCCC(NC(=O)C4CC4)C3)cc2)c1. The second kappa shape index (κ2) is 8.13. The molecule has 1 saturated carbocycles. The summed E-state index contributed by atoms with van der Waals surface area (Å²) in [4.78, 5) is 14.5. The van der Waals surface area contributed by atoms with Gasteiger partial charge in [-0.3, -0.25) is 9.69 Å². The summed E-state index contributed by atoms with van der Waals surface area (Å²) < 4.78 is 5.32. The first kappa shape index (κ1) is 18.1. The highest BCUT2D eigenvalue weighted by Gasteiger charge is 2.31. The molecular weight excluding hydrogens is 336 g/mol. The van der Waals surface area contributed by atoms with Gasteiger partial charge in [0, 0.05) is 25.0 Å². The van der Waals surface area contributed by atoms with Gasteiger partial charge in [-0.2, -0.15) is 0 Å². The lowest BCUT2D eigenvalue weighted by atomic mass is 10.0. The van der Waals surface area contributed by atoms with E-state index in [1.54, 1.807) is 7.11 Å². The molecule has 0 radical (unpaired) electrons. The highest BCUT2D eigenvalue weighted by Crippen LogP contribution is 2.29. The molecule has 1 saturated heterocycles. The Labute approximate surface area is 161 Å². The summed E-state index contributed by atoms with van der Waals surface area (Å²) in [7, 11) is 1.70. The molecule has 2 aromatic carbocycles. The standard InChI is InChI=1S/C23H28N2O2/c1-27-22-6-2-4-20(14-22)18-9-7-17(8-10-18)15-25-13-3-5-21(16-25)24-23(26)19-11-12-19/h2,4,6-10,14,19,21H,3,5,11-13,15-16H2,1H3,(H,24,26). The van der Waals surface area contributed by atoms with E-state index in [4.69, 9.17) is 4.74 Å². The summed E-state index contributed by atoms with van der Waals surface area (Å²) in [6.07, 6.45) is 4.39. The molecule has 2 fully saturated rings. The average molecular weight is 364 g/mol. The summed E-state index contributed by atoms with van der Waals surface area (Å²) >= 11 is 0. The molecule has 1 amide bonds. The summed E-state index contributed by atoms with van der Waals surface area (Å²) in [6.45, 7) is 3.00. The monoisotopic (exact) mass is 364 g/mol. The fourth-order valence-corrected chi connectivity index (χ4v) is 3.84. The molecule has 0 bridgehead atoms. The normalized spacial score (nSPS) is 20.3. The first-order valence-electron chi connectivity index (χ1n) is 9.97. The van der Waals surface area contributed by atoms with Crippen molar-refractivity contribution >= 4 is 5.91 Å². The maximum absolute atomic E-state index is 12.0. The molecule has 1 N–H and O–H groups in total. The number of nitrogens with one attached hydrogen (secondary N) is 1. The van der Waals surface area contributed by atoms with Crippen molar-refractivity contribution in [1.29, 1.82) is 0 Å². The van der Waals surface area contributed by atoms with E-state index in [2.05, 4.69) is 46.6 Å². The quantitative estimate of drug-likeness (QED) is 0.846. The van der Waals surface area contributed by atoms with Gasteiger partial charge in [0.15, 0.2) is 0 Å². The molecular formula is C23H28N2O2. The number of nitrogens with zero attached hydrogens (tertiary/aromatic N) is 1. The van der Waals surface area contributed by atoms with Crippen LogP contribution in [0, 0.1) is 5.92 Å². The van der Waals surface area contributed by atoms with Crippen molar-refractivity contribution in [2.75, 3.05) is 20.2 Å². The van der Waals surface area contributed by atoms with Gasteiger partial charge in [0.05, 0.1) is 7.11 Å². The van der Waals surface area contributed by atoms with Crippen LogP contribution in [0.15, 0.2) is 48.5 Å².